The smallest absolute Gasteiger partial charge is 0.195 e. The van der Waals surface area contributed by atoms with E-state index in [0.717, 1.165) is 28.6 Å². The Balaban J connectivity index is 1.72. The van der Waals surface area contributed by atoms with Gasteiger partial charge in [-0.15, -0.1) is 0 Å². The second-order valence-electron chi connectivity index (χ2n) is 6.59. The topological polar surface area (TPSA) is 29.5 Å². The van der Waals surface area contributed by atoms with Gasteiger partial charge in [0.25, 0.3) is 0 Å². The molecule has 0 aromatic heterocycles. The van der Waals surface area contributed by atoms with Crippen LogP contribution in [-0.2, 0) is 0 Å². The minimum Gasteiger partial charge on any atom is -0.453 e. The fourth-order valence-electron chi connectivity index (χ4n) is 3.57. The third-order valence-corrected chi connectivity index (χ3v) is 4.86. The van der Waals surface area contributed by atoms with Crippen molar-refractivity contribution in [1.82, 2.24) is 0 Å². The van der Waals surface area contributed by atoms with Crippen LogP contribution in [0.1, 0.15) is 15.9 Å². The van der Waals surface area contributed by atoms with Gasteiger partial charge >= 0.3 is 0 Å². The Hall–Kier alpha value is -3.85. The lowest BCUT2D eigenvalue weighted by molar-refractivity contribution is 0.103. The number of hydrogen-bond acceptors (Lipinski definition) is 3. The molecule has 0 atom stereocenters. The Labute approximate surface area is 163 Å². The lowest BCUT2D eigenvalue weighted by Gasteiger charge is -2.33. The largest absolute Gasteiger partial charge is 0.453 e. The van der Waals surface area contributed by atoms with Gasteiger partial charge in [-0.2, -0.15) is 0 Å². The van der Waals surface area contributed by atoms with Gasteiger partial charge < -0.3 is 9.64 Å². The molecule has 1 aliphatic rings. The number of hydrogen-bond donors (Lipinski definition) is 0. The van der Waals surface area contributed by atoms with Crippen molar-refractivity contribution in [3.05, 3.63) is 114 Å². The molecule has 3 heteroatoms. The van der Waals surface area contributed by atoms with Gasteiger partial charge in [0.1, 0.15) is 0 Å². The quantitative estimate of drug-likeness (QED) is 0.343. The first-order valence-corrected chi connectivity index (χ1v) is 9.18. The number of para-hydroxylation sites is 5. The molecule has 4 aromatic carbocycles. The van der Waals surface area contributed by atoms with E-state index in [-0.39, 0.29) is 5.78 Å². The molecule has 0 amide bonds. The van der Waals surface area contributed by atoms with E-state index in [1.54, 1.807) is 0 Å². The first kappa shape index (κ1) is 16.3. The van der Waals surface area contributed by atoms with E-state index in [1.165, 1.54) is 0 Å². The number of rotatable bonds is 3. The van der Waals surface area contributed by atoms with Gasteiger partial charge in [0.2, 0.25) is 0 Å². The summed E-state index contributed by atoms with van der Waals surface area (Å²) >= 11 is 0. The van der Waals surface area contributed by atoms with Crippen LogP contribution >= 0.6 is 0 Å². The van der Waals surface area contributed by atoms with Crippen molar-refractivity contribution >= 4 is 22.8 Å². The molecule has 0 saturated carbocycles. The maximum Gasteiger partial charge on any atom is 0.195 e. The van der Waals surface area contributed by atoms with Crippen molar-refractivity contribution in [3.8, 4) is 11.5 Å². The van der Waals surface area contributed by atoms with Crippen LogP contribution in [0.25, 0.3) is 0 Å². The Morgan fingerprint density at radius 1 is 0.571 bits per heavy atom. The van der Waals surface area contributed by atoms with Crippen LogP contribution in [0.4, 0.5) is 17.1 Å². The van der Waals surface area contributed by atoms with Crippen molar-refractivity contribution < 1.29 is 9.53 Å². The summed E-state index contributed by atoms with van der Waals surface area (Å²) in [6.07, 6.45) is 0. The third kappa shape index (κ3) is 2.65. The van der Waals surface area contributed by atoms with E-state index in [1.807, 2.05) is 103 Å². The van der Waals surface area contributed by atoms with Gasteiger partial charge in [-0.3, -0.25) is 4.79 Å². The lowest BCUT2D eigenvalue weighted by atomic mass is 10.00. The zero-order valence-electron chi connectivity index (χ0n) is 15.1. The zero-order valence-corrected chi connectivity index (χ0v) is 15.1. The second kappa shape index (κ2) is 6.71. The molecule has 3 nitrogen and oxygen atoms in total. The third-order valence-electron chi connectivity index (χ3n) is 4.86. The van der Waals surface area contributed by atoms with Crippen molar-refractivity contribution in [2.45, 2.75) is 0 Å². The van der Waals surface area contributed by atoms with Crippen LogP contribution in [-0.4, -0.2) is 5.78 Å². The molecular weight excluding hydrogens is 346 g/mol. The summed E-state index contributed by atoms with van der Waals surface area (Å²) in [7, 11) is 0. The highest BCUT2D eigenvalue weighted by atomic mass is 16.5. The van der Waals surface area contributed by atoms with E-state index >= 15 is 0 Å². The summed E-state index contributed by atoms with van der Waals surface area (Å²) in [5.74, 6) is 1.53. The van der Waals surface area contributed by atoms with Crippen molar-refractivity contribution in [2.75, 3.05) is 4.90 Å². The Morgan fingerprint density at radius 3 is 1.71 bits per heavy atom. The summed E-state index contributed by atoms with van der Waals surface area (Å²) in [5, 5.41) is 0. The van der Waals surface area contributed by atoms with Gasteiger partial charge in [-0.05, 0) is 36.4 Å². The highest BCUT2D eigenvalue weighted by Gasteiger charge is 2.28. The van der Waals surface area contributed by atoms with Gasteiger partial charge in [-0.1, -0.05) is 66.7 Å². The van der Waals surface area contributed by atoms with Crippen LogP contribution in [0.15, 0.2) is 103 Å². The van der Waals surface area contributed by atoms with Gasteiger partial charge in [0, 0.05) is 11.1 Å². The van der Waals surface area contributed by atoms with E-state index in [2.05, 4.69) is 4.90 Å². The van der Waals surface area contributed by atoms with E-state index in [9.17, 15) is 4.79 Å². The number of carbonyl (C=O) groups excluding carboxylic acids is 1. The molecule has 0 bridgehead atoms. The Kier molecular flexibility index (Phi) is 3.91. The van der Waals surface area contributed by atoms with Crippen molar-refractivity contribution in [2.24, 2.45) is 0 Å². The van der Waals surface area contributed by atoms with Crippen LogP contribution in [0.3, 0.4) is 0 Å². The predicted molar refractivity (Wildman–Crippen MR) is 111 cm³/mol. The molecule has 28 heavy (non-hydrogen) atoms. The maximum absolute atomic E-state index is 13.3. The highest BCUT2D eigenvalue weighted by molar-refractivity contribution is 6.13. The first-order chi connectivity index (χ1) is 13.8. The summed E-state index contributed by atoms with van der Waals surface area (Å²) < 4.78 is 6.09. The second-order valence-corrected chi connectivity index (χ2v) is 6.59. The molecule has 0 saturated heterocycles. The molecule has 0 radical (unpaired) electrons. The Bertz CT molecular complexity index is 1120. The van der Waals surface area contributed by atoms with Crippen LogP contribution in [0.2, 0.25) is 0 Å². The zero-order chi connectivity index (χ0) is 18.9. The molecule has 1 aliphatic heterocycles. The fourth-order valence-corrected chi connectivity index (χ4v) is 3.57. The maximum atomic E-state index is 13.3. The molecule has 134 valence electrons. The van der Waals surface area contributed by atoms with Crippen molar-refractivity contribution in [1.29, 1.82) is 0 Å². The minimum absolute atomic E-state index is 0.00217. The van der Waals surface area contributed by atoms with Gasteiger partial charge in [0.05, 0.1) is 17.1 Å². The summed E-state index contributed by atoms with van der Waals surface area (Å²) in [5.41, 5.74) is 3.98. The van der Waals surface area contributed by atoms with Crippen molar-refractivity contribution in [3.63, 3.8) is 0 Å². The summed E-state index contributed by atoms with van der Waals surface area (Å²) in [4.78, 5) is 15.4. The van der Waals surface area contributed by atoms with Crippen LogP contribution in [0, 0.1) is 0 Å². The standard InChI is InChI=1S/C25H17NO2/c27-25(18-10-2-1-3-11-18)19-12-4-5-13-20(19)26-21-14-6-8-16-23(21)28-24-17-9-7-15-22(24)26/h1-17H. The number of benzene rings is 4. The summed E-state index contributed by atoms with van der Waals surface area (Å²) in [6.45, 7) is 0. The Morgan fingerprint density at radius 2 is 1.07 bits per heavy atom. The SMILES string of the molecule is O=C(c1ccccc1)c1ccccc1N1c2ccccc2Oc2ccccc21. The number of anilines is 3. The normalized spacial score (nSPS) is 11.9. The number of ether oxygens (including phenoxy) is 1. The first-order valence-electron chi connectivity index (χ1n) is 9.18. The van der Waals surface area contributed by atoms with Gasteiger partial charge in [0.15, 0.2) is 17.3 Å². The highest BCUT2D eigenvalue weighted by Crippen LogP contribution is 2.50. The number of carbonyl (C=O) groups is 1. The molecule has 0 aliphatic carbocycles. The van der Waals surface area contributed by atoms with E-state index in [0.29, 0.717) is 11.1 Å². The molecule has 5 rings (SSSR count). The number of ketones is 1. The predicted octanol–water partition coefficient (Wildman–Crippen LogP) is 6.49. The van der Waals surface area contributed by atoms with E-state index in [4.69, 9.17) is 4.74 Å². The average Bonchev–Trinajstić information content (AvgIpc) is 2.77. The summed E-state index contributed by atoms with van der Waals surface area (Å²) in [6, 6.07) is 32.9. The molecule has 1 heterocycles. The van der Waals surface area contributed by atoms with Gasteiger partial charge in [-0.25, -0.2) is 0 Å². The van der Waals surface area contributed by atoms with Crippen LogP contribution < -0.4 is 9.64 Å². The number of nitrogens with zero attached hydrogens (tertiary/aromatic N) is 1. The average molecular weight is 363 g/mol. The number of fused-ring (bicyclic) bond motifs is 2. The monoisotopic (exact) mass is 363 g/mol. The molecular formula is C25H17NO2. The lowest BCUT2D eigenvalue weighted by Crippen LogP contribution is -2.18. The van der Waals surface area contributed by atoms with E-state index < -0.39 is 0 Å². The molecule has 0 spiro atoms. The molecule has 0 fully saturated rings. The molecule has 0 unspecified atom stereocenters. The minimum atomic E-state index is -0.00217. The molecule has 0 N–H and O–H groups in total. The molecule has 4 aromatic rings. The van der Waals surface area contributed by atoms with Crippen LogP contribution in [0.5, 0.6) is 11.5 Å². The fraction of sp³-hybridized carbons (Fsp3) is 0.